The van der Waals surface area contributed by atoms with Crippen LogP contribution >= 0.6 is 0 Å². The smallest absolute Gasteiger partial charge is 0.285 e. The minimum atomic E-state index is -0.755. The first-order valence-corrected chi connectivity index (χ1v) is 5.31. The molecule has 4 fully saturated rings. The average Bonchev–Trinajstić information content (AvgIpc) is 2.18. The molecule has 1 saturated carbocycles. The molecule has 80 valence electrons. The van der Waals surface area contributed by atoms with Crippen LogP contribution < -0.4 is 0 Å². The Bertz CT molecular complexity index is 212. The molecule has 4 aliphatic rings. The molecule has 0 radical (unpaired) electrons. The first-order chi connectivity index (χ1) is 6.79. The largest absolute Gasteiger partial charge is 0.396 e. The second-order valence-electron chi connectivity index (χ2n) is 4.76. The molecule has 0 aromatic carbocycles. The molecule has 4 nitrogen and oxygen atoms in total. The zero-order valence-electron chi connectivity index (χ0n) is 8.20. The molecule has 0 unspecified atom stereocenters. The first kappa shape index (κ1) is 9.09. The average molecular weight is 200 g/mol. The minimum absolute atomic E-state index is 0.0771. The summed E-state index contributed by atoms with van der Waals surface area (Å²) in [7, 11) is 0. The fourth-order valence-corrected chi connectivity index (χ4v) is 2.26. The Morgan fingerprint density at radius 1 is 1.07 bits per heavy atom. The van der Waals surface area contributed by atoms with Crippen molar-refractivity contribution in [1.29, 1.82) is 0 Å². The van der Waals surface area contributed by atoms with Gasteiger partial charge in [0.2, 0.25) is 0 Å². The zero-order chi connectivity index (χ0) is 9.65. The van der Waals surface area contributed by atoms with Crippen molar-refractivity contribution in [2.24, 2.45) is 11.3 Å². The highest BCUT2D eigenvalue weighted by Crippen LogP contribution is 2.48. The van der Waals surface area contributed by atoms with E-state index >= 15 is 0 Å². The van der Waals surface area contributed by atoms with Gasteiger partial charge >= 0.3 is 0 Å². The molecule has 3 saturated heterocycles. The predicted octanol–water partition coefficient (Wildman–Crippen LogP) is 0.496. The van der Waals surface area contributed by atoms with Crippen LogP contribution in [0.15, 0.2) is 0 Å². The molecular formula is C10H16O4. The summed E-state index contributed by atoms with van der Waals surface area (Å²) in [5.74, 6) is -0.352. The molecule has 3 heterocycles. The van der Waals surface area contributed by atoms with E-state index in [2.05, 4.69) is 0 Å². The molecule has 2 bridgehead atoms. The SMILES string of the molecule is OCC12COC(C3CCC3)(OC1)OC2. The van der Waals surface area contributed by atoms with Crippen LogP contribution in [0.4, 0.5) is 0 Å². The van der Waals surface area contributed by atoms with Crippen molar-refractivity contribution in [2.75, 3.05) is 26.4 Å². The summed E-state index contributed by atoms with van der Waals surface area (Å²) >= 11 is 0. The maximum Gasteiger partial charge on any atom is 0.285 e. The van der Waals surface area contributed by atoms with E-state index in [1.165, 1.54) is 6.42 Å². The van der Waals surface area contributed by atoms with Gasteiger partial charge in [0.15, 0.2) is 0 Å². The van der Waals surface area contributed by atoms with Gasteiger partial charge in [-0.25, -0.2) is 0 Å². The van der Waals surface area contributed by atoms with Crippen molar-refractivity contribution in [3.63, 3.8) is 0 Å². The third-order valence-electron chi connectivity index (χ3n) is 3.68. The van der Waals surface area contributed by atoms with E-state index in [9.17, 15) is 5.11 Å². The standard InChI is InChI=1S/C10H16O4/c11-4-9-5-12-10(13-6-9,14-7-9)8-2-1-3-8/h8,11H,1-7H2. The van der Waals surface area contributed by atoms with Gasteiger partial charge in [0, 0.05) is 5.92 Å². The summed E-state index contributed by atoms with van der Waals surface area (Å²) in [5.41, 5.74) is -0.300. The van der Waals surface area contributed by atoms with Crippen molar-refractivity contribution in [3.05, 3.63) is 0 Å². The van der Waals surface area contributed by atoms with Gasteiger partial charge < -0.3 is 19.3 Å². The van der Waals surface area contributed by atoms with E-state index in [-0.39, 0.29) is 12.0 Å². The predicted molar refractivity (Wildman–Crippen MR) is 47.4 cm³/mol. The molecule has 0 spiro atoms. The van der Waals surface area contributed by atoms with E-state index < -0.39 is 5.97 Å². The van der Waals surface area contributed by atoms with E-state index in [1.807, 2.05) is 0 Å². The van der Waals surface area contributed by atoms with E-state index in [1.54, 1.807) is 0 Å². The Kier molecular flexibility index (Phi) is 1.89. The topological polar surface area (TPSA) is 47.9 Å². The van der Waals surface area contributed by atoms with Crippen molar-refractivity contribution in [3.8, 4) is 0 Å². The summed E-state index contributed by atoms with van der Waals surface area (Å²) in [4.78, 5) is 0. The molecule has 4 rings (SSSR count). The van der Waals surface area contributed by atoms with Gasteiger partial charge in [-0.05, 0) is 12.8 Å². The van der Waals surface area contributed by atoms with E-state index in [0.717, 1.165) is 12.8 Å². The fourth-order valence-electron chi connectivity index (χ4n) is 2.26. The molecule has 0 aromatic rings. The number of fused-ring (bicyclic) bond motifs is 3. The van der Waals surface area contributed by atoms with Crippen LogP contribution in [0.3, 0.4) is 0 Å². The fraction of sp³-hybridized carbons (Fsp3) is 1.00. The van der Waals surface area contributed by atoms with Crippen LogP contribution in [-0.2, 0) is 14.2 Å². The van der Waals surface area contributed by atoms with Crippen LogP contribution in [0.5, 0.6) is 0 Å². The monoisotopic (exact) mass is 200 g/mol. The van der Waals surface area contributed by atoms with Gasteiger partial charge in [0.1, 0.15) is 0 Å². The molecule has 3 aliphatic heterocycles. The van der Waals surface area contributed by atoms with Crippen LogP contribution in [0.25, 0.3) is 0 Å². The molecule has 0 amide bonds. The van der Waals surface area contributed by atoms with Gasteiger partial charge in [-0.3, -0.25) is 0 Å². The van der Waals surface area contributed by atoms with E-state index in [0.29, 0.717) is 25.7 Å². The quantitative estimate of drug-likeness (QED) is 0.705. The lowest BCUT2D eigenvalue weighted by Crippen LogP contribution is -2.64. The Balaban J connectivity index is 1.75. The number of ether oxygens (including phenoxy) is 3. The molecular weight excluding hydrogens is 184 g/mol. The lowest BCUT2D eigenvalue weighted by atomic mass is 9.80. The Labute approximate surface area is 83.1 Å². The molecule has 1 aliphatic carbocycles. The third kappa shape index (κ3) is 1.08. The van der Waals surface area contributed by atoms with Crippen LogP contribution in [0, 0.1) is 11.3 Å². The number of hydrogen-bond donors (Lipinski definition) is 1. The van der Waals surface area contributed by atoms with Gasteiger partial charge in [-0.15, -0.1) is 0 Å². The lowest BCUT2D eigenvalue weighted by Gasteiger charge is -2.55. The summed E-state index contributed by atoms with van der Waals surface area (Å²) in [6.07, 6.45) is 3.51. The minimum Gasteiger partial charge on any atom is -0.396 e. The highest BCUT2D eigenvalue weighted by Gasteiger charge is 2.57. The van der Waals surface area contributed by atoms with Crippen molar-refractivity contribution in [1.82, 2.24) is 0 Å². The summed E-state index contributed by atoms with van der Waals surface area (Å²) in [6.45, 7) is 1.79. The van der Waals surface area contributed by atoms with Crippen molar-refractivity contribution >= 4 is 0 Å². The molecule has 0 atom stereocenters. The molecule has 0 aromatic heterocycles. The Hall–Kier alpha value is -0.160. The highest BCUT2D eigenvalue weighted by molar-refractivity contribution is 4.92. The second-order valence-corrected chi connectivity index (χ2v) is 4.76. The first-order valence-electron chi connectivity index (χ1n) is 5.31. The maximum absolute atomic E-state index is 9.22. The number of aliphatic hydroxyl groups is 1. The summed E-state index contributed by atoms with van der Waals surface area (Å²) < 4.78 is 17.0. The second kappa shape index (κ2) is 2.92. The molecule has 1 N–H and O–H groups in total. The van der Waals surface area contributed by atoms with Crippen LogP contribution in [-0.4, -0.2) is 37.5 Å². The summed E-state index contributed by atoms with van der Waals surface area (Å²) in [5, 5.41) is 9.22. The van der Waals surface area contributed by atoms with Crippen molar-refractivity contribution < 1.29 is 19.3 Å². The Morgan fingerprint density at radius 2 is 1.64 bits per heavy atom. The normalized spacial score (nSPS) is 47.8. The van der Waals surface area contributed by atoms with Crippen LogP contribution in [0.1, 0.15) is 19.3 Å². The third-order valence-corrected chi connectivity index (χ3v) is 3.68. The van der Waals surface area contributed by atoms with Gasteiger partial charge in [0.25, 0.3) is 5.97 Å². The van der Waals surface area contributed by atoms with E-state index in [4.69, 9.17) is 14.2 Å². The van der Waals surface area contributed by atoms with Gasteiger partial charge in [0.05, 0.1) is 31.8 Å². The summed E-state index contributed by atoms with van der Waals surface area (Å²) in [6, 6.07) is 0. The molecule has 14 heavy (non-hydrogen) atoms. The molecule has 4 heteroatoms. The maximum atomic E-state index is 9.22. The Morgan fingerprint density at radius 3 is 2.00 bits per heavy atom. The van der Waals surface area contributed by atoms with Crippen LogP contribution in [0.2, 0.25) is 0 Å². The van der Waals surface area contributed by atoms with Crippen molar-refractivity contribution in [2.45, 2.75) is 25.2 Å². The zero-order valence-corrected chi connectivity index (χ0v) is 8.20. The number of hydrogen-bond acceptors (Lipinski definition) is 4. The highest BCUT2D eigenvalue weighted by atomic mass is 16.9. The van der Waals surface area contributed by atoms with Gasteiger partial charge in [-0.2, -0.15) is 0 Å². The number of aliphatic hydroxyl groups excluding tert-OH is 1. The van der Waals surface area contributed by atoms with Gasteiger partial charge in [-0.1, -0.05) is 6.42 Å². The number of rotatable bonds is 2. The lowest BCUT2D eigenvalue weighted by molar-refractivity contribution is -0.493.